The van der Waals surface area contributed by atoms with Crippen LogP contribution in [-0.2, 0) is 16.5 Å². The zero-order valence-corrected chi connectivity index (χ0v) is 17.7. The van der Waals surface area contributed by atoms with Crippen LogP contribution in [-0.4, -0.2) is 55.1 Å². The summed E-state index contributed by atoms with van der Waals surface area (Å²) in [7, 11) is 1.77. The van der Waals surface area contributed by atoms with Gasteiger partial charge in [0.2, 0.25) is 5.43 Å². The molecule has 0 amide bonds. The van der Waals surface area contributed by atoms with Crippen molar-refractivity contribution in [1.29, 1.82) is 0 Å². The highest BCUT2D eigenvalue weighted by Gasteiger charge is 2.17. The third kappa shape index (κ3) is 4.56. The van der Waals surface area contributed by atoms with Crippen molar-refractivity contribution in [2.24, 2.45) is 7.05 Å². The van der Waals surface area contributed by atoms with Crippen molar-refractivity contribution < 1.29 is 19.1 Å². The molecule has 4 aromatic heterocycles. The minimum Gasteiger partial charge on any atom is -0.462 e. The maximum atomic E-state index is 11.7. The van der Waals surface area contributed by atoms with Crippen molar-refractivity contribution in [3.05, 3.63) is 51.2 Å². The number of halogens is 1. The molecule has 0 saturated heterocycles. The SMILES string of the molecule is CCOC(=O)c1c[nH]c2cn[nH]c2c1=O.CCOC(=O)c1cnc2cn(C)nc2c1Cl. The summed E-state index contributed by atoms with van der Waals surface area (Å²) in [6, 6.07) is 0. The second-order valence-electron chi connectivity index (χ2n) is 6.15. The fourth-order valence-corrected chi connectivity index (χ4v) is 2.94. The van der Waals surface area contributed by atoms with Gasteiger partial charge in [0.25, 0.3) is 0 Å². The first-order valence-corrected chi connectivity index (χ1v) is 9.62. The topological polar surface area (TPSA) is 145 Å². The van der Waals surface area contributed by atoms with Gasteiger partial charge in [0, 0.05) is 19.4 Å². The number of nitrogens with zero attached hydrogens (tertiary/aromatic N) is 4. The highest BCUT2D eigenvalue weighted by Crippen LogP contribution is 2.24. The number of ether oxygens (including phenoxy) is 2. The summed E-state index contributed by atoms with van der Waals surface area (Å²) in [6.07, 6.45) is 5.95. The van der Waals surface area contributed by atoms with Crippen LogP contribution in [0.1, 0.15) is 34.6 Å². The average molecular weight is 447 g/mol. The van der Waals surface area contributed by atoms with E-state index in [1.54, 1.807) is 31.8 Å². The smallest absolute Gasteiger partial charge is 0.343 e. The number of carbonyl (C=O) groups is 2. The van der Waals surface area contributed by atoms with E-state index in [1.165, 1.54) is 18.6 Å². The molecule has 162 valence electrons. The molecule has 31 heavy (non-hydrogen) atoms. The lowest BCUT2D eigenvalue weighted by Crippen LogP contribution is -2.18. The maximum Gasteiger partial charge on any atom is 0.343 e. The van der Waals surface area contributed by atoms with Crippen LogP contribution in [0.3, 0.4) is 0 Å². The first-order valence-electron chi connectivity index (χ1n) is 9.24. The van der Waals surface area contributed by atoms with Gasteiger partial charge in [0.05, 0.1) is 41.7 Å². The van der Waals surface area contributed by atoms with Crippen molar-refractivity contribution in [3.8, 4) is 0 Å². The van der Waals surface area contributed by atoms with Crippen LogP contribution >= 0.6 is 11.6 Å². The molecule has 0 fully saturated rings. The van der Waals surface area contributed by atoms with E-state index in [9.17, 15) is 14.4 Å². The van der Waals surface area contributed by atoms with Crippen molar-refractivity contribution in [1.82, 2.24) is 29.9 Å². The van der Waals surface area contributed by atoms with Gasteiger partial charge < -0.3 is 14.5 Å². The van der Waals surface area contributed by atoms with E-state index in [0.29, 0.717) is 23.2 Å². The monoisotopic (exact) mass is 446 g/mol. The van der Waals surface area contributed by atoms with E-state index in [4.69, 9.17) is 21.1 Å². The summed E-state index contributed by atoms with van der Waals surface area (Å²) in [4.78, 5) is 41.5. The van der Waals surface area contributed by atoms with Crippen molar-refractivity contribution in [2.75, 3.05) is 13.2 Å². The number of aromatic amines is 2. The molecule has 0 aromatic carbocycles. The summed E-state index contributed by atoms with van der Waals surface area (Å²) < 4.78 is 11.2. The molecule has 0 aliphatic carbocycles. The first kappa shape index (κ1) is 22.0. The Morgan fingerprint density at radius 1 is 1.13 bits per heavy atom. The molecule has 0 atom stereocenters. The van der Waals surface area contributed by atoms with Gasteiger partial charge in [-0.05, 0) is 13.8 Å². The second kappa shape index (κ2) is 9.39. The normalized spacial score (nSPS) is 10.6. The van der Waals surface area contributed by atoms with Gasteiger partial charge in [0.15, 0.2) is 0 Å². The van der Waals surface area contributed by atoms with Crippen LogP contribution in [0.2, 0.25) is 5.02 Å². The number of hydrogen-bond donors (Lipinski definition) is 2. The third-order valence-corrected chi connectivity index (χ3v) is 4.44. The number of nitrogens with one attached hydrogen (secondary N) is 2. The van der Waals surface area contributed by atoms with E-state index < -0.39 is 17.4 Å². The Morgan fingerprint density at radius 2 is 1.81 bits per heavy atom. The van der Waals surface area contributed by atoms with Crippen LogP contribution < -0.4 is 5.43 Å². The van der Waals surface area contributed by atoms with Crippen LogP contribution in [0.25, 0.3) is 22.1 Å². The molecular weight excluding hydrogens is 428 g/mol. The summed E-state index contributed by atoms with van der Waals surface area (Å²) in [6.45, 7) is 3.95. The molecule has 0 bridgehead atoms. The Kier molecular flexibility index (Phi) is 6.65. The Morgan fingerprint density at radius 3 is 2.48 bits per heavy atom. The minimum absolute atomic E-state index is 0.0198. The van der Waals surface area contributed by atoms with Gasteiger partial charge in [-0.25, -0.2) is 9.59 Å². The lowest BCUT2D eigenvalue weighted by atomic mass is 10.2. The van der Waals surface area contributed by atoms with Crippen LogP contribution in [0.5, 0.6) is 0 Å². The lowest BCUT2D eigenvalue weighted by molar-refractivity contribution is 0.0515. The Hall–Kier alpha value is -3.73. The molecule has 0 radical (unpaired) electrons. The van der Waals surface area contributed by atoms with Gasteiger partial charge in [0.1, 0.15) is 22.1 Å². The number of rotatable bonds is 4. The third-order valence-electron chi connectivity index (χ3n) is 4.06. The van der Waals surface area contributed by atoms with Crippen LogP contribution in [0.4, 0.5) is 0 Å². The van der Waals surface area contributed by atoms with Crippen molar-refractivity contribution in [2.45, 2.75) is 13.8 Å². The maximum absolute atomic E-state index is 11.7. The fraction of sp³-hybridized carbons (Fsp3) is 0.263. The predicted molar refractivity (Wildman–Crippen MR) is 112 cm³/mol. The Labute approximate surface area is 180 Å². The molecular formula is C19H19ClN6O5. The molecule has 0 unspecified atom stereocenters. The van der Waals surface area contributed by atoms with Gasteiger partial charge in [-0.2, -0.15) is 10.2 Å². The first-order chi connectivity index (χ1) is 14.9. The second-order valence-corrected chi connectivity index (χ2v) is 6.53. The fourth-order valence-electron chi connectivity index (χ4n) is 2.68. The number of hydrogen-bond acceptors (Lipinski definition) is 8. The van der Waals surface area contributed by atoms with Crippen LogP contribution in [0, 0.1) is 0 Å². The molecule has 4 aromatic rings. The van der Waals surface area contributed by atoms with Crippen LogP contribution in [0.15, 0.2) is 29.6 Å². The number of carbonyl (C=O) groups excluding carboxylic acids is 2. The van der Waals surface area contributed by atoms with E-state index in [-0.39, 0.29) is 28.3 Å². The van der Waals surface area contributed by atoms with E-state index in [1.807, 2.05) is 0 Å². The number of fused-ring (bicyclic) bond motifs is 2. The lowest BCUT2D eigenvalue weighted by Gasteiger charge is -2.03. The summed E-state index contributed by atoms with van der Waals surface area (Å²) >= 11 is 6.07. The molecule has 0 aliphatic heterocycles. The van der Waals surface area contributed by atoms with E-state index in [2.05, 4.69) is 25.3 Å². The Balaban J connectivity index is 0.000000176. The van der Waals surface area contributed by atoms with E-state index >= 15 is 0 Å². The number of pyridine rings is 2. The highest BCUT2D eigenvalue weighted by molar-refractivity contribution is 6.37. The largest absolute Gasteiger partial charge is 0.462 e. The molecule has 4 rings (SSSR count). The standard InChI is InChI=1S/C10H10ClN3O2.C9H9N3O3/c1-3-16-10(15)6-4-12-7-5-14(2)13-9(7)8(6)11;1-2-15-9(14)5-3-10-6-4-11-12-7(6)8(5)13/h4-5H,3H2,1-2H3;3-4H,2H2,1H3,(H,10,13)(H,11,12). The zero-order valence-electron chi connectivity index (χ0n) is 16.9. The quantitative estimate of drug-likeness (QED) is 0.454. The number of esters is 2. The Bertz CT molecular complexity index is 1310. The molecule has 4 heterocycles. The average Bonchev–Trinajstić information content (AvgIpc) is 3.36. The summed E-state index contributed by atoms with van der Waals surface area (Å²) in [5.74, 6) is -1.11. The zero-order chi connectivity index (χ0) is 22.5. The van der Waals surface area contributed by atoms with Crippen molar-refractivity contribution >= 4 is 45.6 Å². The number of aromatic nitrogens is 6. The number of H-pyrrole nitrogens is 2. The van der Waals surface area contributed by atoms with Gasteiger partial charge >= 0.3 is 11.9 Å². The molecule has 0 aliphatic rings. The minimum atomic E-state index is -0.629. The molecule has 2 N–H and O–H groups in total. The highest BCUT2D eigenvalue weighted by atomic mass is 35.5. The predicted octanol–water partition coefficient (Wildman–Crippen LogP) is 2.23. The molecule has 0 spiro atoms. The summed E-state index contributed by atoms with van der Waals surface area (Å²) in [5.41, 5.74) is 1.83. The van der Waals surface area contributed by atoms with Gasteiger partial charge in [-0.1, -0.05) is 11.6 Å². The molecule has 12 heteroatoms. The summed E-state index contributed by atoms with van der Waals surface area (Å²) in [5, 5.41) is 10.6. The van der Waals surface area contributed by atoms with E-state index in [0.717, 1.165) is 0 Å². The van der Waals surface area contributed by atoms with Gasteiger partial charge in [-0.3, -0.25) is 19.6 Å². The van der Waals surface area contributed by atoms with Gasteiger partial charge in [-0.15, -0.1) is 0 Å². The van der Waals surface area contributed by atoms with Crippen molar-refractivity contribution in [3.63, 3.8) is 0 Å². The molecule has 0 saturated carbocycles. The number of aryl methyl sites for hydroxylation is 1. The molecule has 11 nitrogen and oxygen atoms in total.